The zero-order valence-electron chi connectivity index (χ0n) is 12.6. The van der Waals surface area contributed by atoms with Gasteiger partial charge in [-0.2, -0.15) is 10.1 Å². The Morgan fingerprint density at radius 3 is 2.60 bits per heavy atom. The van der Waals surface area contributed by atoms with Gasteiger partial charge >= 0.3 is 0 Å². The molecule has 0 unspecified atom stereocenters. The van der Waals surface area contributed by atoms with Crippen molar-refractivity contribution < 1.29 is 4.74 Å². The first-order valence-corrected chi connectivity index (χ1v) is 7.06. The maximum atomic E-state index is 5.90. The molecule has 2 aromatic rings. The summed E-state index contributed by atoms with van der Waals surface area (Å²) in [5.41, 5.74) is 8.64. The first kappa shape index (κ1) is 14.4. The van der Waals surface area contributed by atoms with Gasteiger partial charge < -0.3 is 10.5 Å². The highest BCUT2D eigenvalue weighted by molar-refractivity contribution is 5.50. The number of rotatable bonds is 5. The van der Waals surface area contributed by atoms with Crippen LogP contribution in [0.4, 0.5) is 5.69 Å². The lowest BCUT2D eigenvalue weighted by Gasteiger charge is -2.13. The molecule has 0 aliphatic heterocycles. The number of aryl methyl sites for hydroxylation is 2. The van der Waals surface area contributed by atoms with Crippen molar-refractivity contribution in [2.75, 3.05) is 5.73 Å². The van der Waals surface area contributed by atoms with Crippen LogP contribution in [0.25, 0.3) is 5.82 Å². The largest absolute Gasteiger partial charge is 0.473 e. The van der Waals surface area contributed by atoms with Gasteiger partial charge in [0.1, 0.15) is 0 Å². The third-order valence-electron chi connectivity index (χ3n) is 3.00. The van der Waals surface area contributed by atoms with Gasteiger partial charge in [0.2, 0.25) is 5.88 Å². The van der Waals surface area contributed by atoms with Crippen LogP contribution >= 0.6 is 0 Å². The van der Waals surface area contributed by atoms with Crippen LogP contribution in [0.15, 0.2) is 18.2 Å². The normalized spacial score (nSPS) is 11.1. The molecular weight excluding hydrogens is 252 g/mol. The highest BCUT2D eigenvalue weighted by Crippen LogP contribution is 2.22. The minimum atomic E-state index is 0.0366. The van der Waals surface area contributed by atoms with Crippen molar-refractivity contribution in [3.05, 3.63) is 29.6 Å². The zero-order chi connectivity index (χ0) is 14.7. The van der Waals surface area contributed by atoms with E-state index in [1.165, 1.54) is 0 Å². The van der Waals surface area contributed by atoms with E-state index in [1.807, 2.05) is 30.7 Å². The molecule has 2 aromatic heterocycles. The molecule has 0 aromatic carbocycles. The summed E-state index contributed by atoms with van der Waals surface area (Å²) >= 11 is 0. The van der Waals surface area contributed by atoms with Gasteiger partial charge in [-0.1, -0.05) is 13.8 Å². The number of aromatic nitrogens is 3. The predicted octanol–water partition coefficient (Wildman–Crippen LogP) is 2.76. The summed E-state index contributed by atoms with van der Waals surface area (Å²) in [4.78, 5) is 4.49. The number of nitrogen functional groups attached to an aromatic ring is 1. The number of hydrogen-bond acceptors (Lipinski definition) is 4. The van der Waals surface area contributed by atoms with Gasteiger partial charge in [0.15, 0.2) is 5.82 Å². The molecule has 0 saturated carbocycles. The van der Waals surface area contributed by atoms with Gasteiger partial charge in [-0.25, -0.2) is 4.68 Å². The van der Waals surface area contributed by atoms with E-state index in [4.69, 9.17) is 10.5 Å². The summed E-state index contributed by atoms with van der Waals surface area (Å²) < 4.78 is 7.50. The molecule has 2 rings (SSSR count). The van der Waals surface area contributed by atoms with Crippen molar-refractivity contribution in [3.8, 4) is 11.7 Å². The van der Waals surface area contributed by atoms with Crippen LogP contribution in [-0.2, 0) is 12.8 Å². The molecule has 5 heteroatoms. The number of pyridine rings is 1. The molecule has 0 aliphatic rings. The van der Waals surface area contributed by atoms with Gasteiger partial charge in [-0.05, 0) is 44.9 Å². The monoisotopic (exact) mass is 274 g/mol. The van der Waals surface area contributed by atoms with Crippen molar-refractivity contribution in [2.24, 2.45) is 0 Å². The molecule has 108 valence electrons. The van der Waals surface area contributed by atoms with E-state index < -0.39 is 0 Å². The second-order valence-corrected chi connectivity index (χ2v) is 4.98. The van der Waals surface area contributed by atoms with E-state index in [0.717, 1.165) is 30.0 Å². The van der Waals surface area contributed by atoms with Crippen LogP contribution in [0.1, 0.15) is 39.1 Å². The van der Waals surface area contributed by atoms with Crippen LogP contribution < -0.4 is 10.5 Å². The van der Waals surface area contributed by atoms with Crippen molar-refractivity contribution in [3.63, 3.8) is 0 Å². The third-order valence-corrected chi connectivity index (χ3v) is 3.00. The Balaban J connectivity index is 2.44. The highest BCUT2D eigenvalue weighted by Gasteiger charge is 2.12. The standard InChI is InChI=1S/C15H22N4O/c1-5-11-9-12(6-2)19(18-11)14-8-7-13(16)15(17-14)20-10(3)4/h7-10H,5-6,16H2,1-4H3. The van der Waals surface area contributed by atoms with Crippen LogP contribution in [-0.4, -0.2) is 20.9 Å². The van der Waals surface area contributed by atoms with Crippen molar-refractivity contribution in [2.45, 2.75) is 46.6 Å². The average molecular weight is 274 g/mol. The number of nitrogens with zero attached hydrogens (tertiary/aromatic N) is 3. The molecule has 0 aliphatic carbocycles. The first-order chi connectivity index (χ1) is 9.55. The van der Waals surface area contributed by atoms with Gasteiger partial charge in [0, 0.05) is 5.69 Å². The quantitative estimate of drug-likeness (QED) is 0.910. The Morgan fingerprint density at radius 2 is 2.00 bits per heavy atom. The van der Waals surface area contributed by atoms with E-state index in [9.17, 15) is 0 Å². The number of ether oxygens (including phenoxy) is 1. The van der Waals surface area contributed by atoms with Crippen molar-refractivity contribution in [1.29, 1.82) is 0 Å². The summed E-state index contributed by atoms with van der Waals surface area (Å²) in [6.45, 7) is 8.11. The summed E-state index contributed by atoms with van der Waals surface area (Å²) in [5, 5.41) is 4.58. The van der Waals surface area contributed by atoms with Gasteiger partial charge in [-0.3, -0.25) is 0 Å². The minimum Gasteiger partial charge on any atom is -0.473 e. The zero-order valence-corrected chi connectivity index (χ0v) is 12.6. The Kier molecular flexibility index (Phi) is 4.27. The molecule has 0 saturated heterocycles. The molecule has 0 radical (unpaired) electrons. The smallest absolute Gasteiger partial charge is 0.239 e. The topological polar surface area (TPSA) is 66.0 Å². The molecule has 20 heavy (non-hydrogen) atoms. The van der Waals surface area contributed by atoms with Gasteiger partial charge in [-0.15, -0.1) is 0 Å². The maximum Gasteiger partial charge on any atom is 0.239 e. The fraction of sp³-hybridized carbons (Fsp3) is 0.467. The van der Waals surface area contributed by atoms with Gasteiger partial charge in [0.25, 0.3) is 0 Å². The van der Waals surface area contributed by atoms with E-state index >= 15 is 0 Å². The minimum absolute atomic E-state index is 0.0366. The fourth-order valence-electron chi connectivity index (χ4n) is 1.98. The molecule has 0 amide bonds. The summed E-state index contributed by atoms with van der Waals surface area (Å²) in [7, 11) is 0. The molecule has 2 heterocycles. The predicted molar refractivity (Wildman–Crippen MR) is 80.3 cm³/mol. The summed E-state index contributed by atoms with van der Waals surface area (Å²) in [5.74, 6) is 1.21. The van der Waals surface area contributed by atoms with E-state index in [2.05, 4.69) is 30.0 Å². The second kappa shape index (κ2) is 5.94. The third kappa shape index (κ3) is 2.92. The summed E-state index contributed by atoms with van der Waals surface area (Å²) in [6.07, 6.45) is 1.85. The van der Waals surface area contributed by atoms with Crippen LogP contribution in [0, 0.1) is 0 Å². The lowest BCUT2D eigenvalue weighted by molar-refractivity contribution is 0.234. The molecule has 5 nitrogen and oxygen atoms in total. The van der Waals surface area contributed by atoms with Crippen LogP contribution in [0.2, 0.25) is 0 Å². The number of hydrogen-bond donors (Lipinski definition) is 1. The molecule has 0 bridgehead atoms. The SMILES string of the molecule is CCc1cc(CC)n(-c2ccc(N)c(OC(C)C)n2)n1. The average Bonchev–Trinajstić information content (AvgIpc) is 2.84. The van der Waals surface area contributed by atoms with Crippen molar-refractivity contribution >= 4 is 5.69 Å². The van der Waals surface area contributed by atoms with E-state index in [0.29, 0.717) is 11.6 Å². The van der Waals surface area contributed by atoms with E-state index in [-0.39, 0.29) is 6.10 Å². The Hall–Kier alpha value is -2.04. The van der Waals surface area contributed by atoms with Crippen LogP contribution in [0.3, 0.4) is 0 Å². The van der Waals surface area contributed by atoms with Crippen LogP contribution in [0.5, 0.6) is 5.88 Å². The fourth-order valence-corrected chi connectivity index (χ4v) is 1.98. The molecule has 0 spiro atoms. The van der Waals surface area contributed by atoms with Gasteiger partial charge in [0.05, 0.1) is 17.5 Å². The molecule has 0 fully saturated rings. The lowest BCUT2D eigenvalue weighted by atomic mass is 10.2. The number of nitrogens with two attached hydrogens (primary N) is 1. The first-order valence-electron chi connectivity index (χ1n) is 7.06. The maximum absolute atomic E-state index is 5.90. The number of anilines is 1. The summed E-state index contributed by atoms with van der Waals surface area (Å²) in [6, 6.07) is 5.79. The Labute approximate surface area is 119 Å². The highest BCUT2D eigenvalue weighted by atomic mass is 16.5. The molecule has 2 N–H and O–H groups in total. The van der Waals surface area contributed by atoms with Crippen molar-refractivity contribution in [1.82, 2.24) is 14.8 Å². The lowest BCUT2D eigenvalue weighted by Crippen LogP contribution is -2.11. The Morgan fingerprint density at radius 1 is 1.25 bits per heavy atom. The molecule has 0 atom stereocenters. The Bertz CT molecular complexity index is 590. The van der Waals surface area contributed by atoms with E-state index in [1.54, 1.807) is 0 Å². The second-order valence-electron chi connectivity index (χ2n) is 4.98. The molecular formula is C15H22N4O.